The first kappa shape index (κ1) is 23.2. The predicted octanol–water partition coefficient (Wildman–Crippen LogP) is 4.69. The SMILES string of the molecule is CC[C@H](NC(=O)[C@H](C)N(c1ccc(C)c(Cl)c1)S(C)(=O)=O)c1ccc(C)c(C)c1. The van der Waals surface area contributed by atoms with Crippen molar-refractivity contribution in [1.29, 1.82) is 0 Å². The Morgan fingerprint density at radius 3 is 2.21 bits per heavy atom. The maximum atomic E-state index is 13.0. The zero-order chi connectivity index (χ0) is 21.9. The van der Waals surface area contributed by atoms with Crippen LogP contribution < -0.4 is 9.62 Å². The molecule has 29 heavy (non-hydrogen) atoms. The fraction of sp³-hybridized carbons (Fsp3) is 0.409. The summed E-state index contributed by atoms with van der Waals surface area (Å²) in [5, 5.41) is 3.45. The smallest absolute Gasteiger partial charge is 0.244 e. The van der Waals surface area contributed by atoms with Gasteiger partial charge in [-0.1, -0.05) is 42.8 Å². The fourth-order valence-corrected chi connectivity index (χ4v) is 4.56. The van der Waals surface area contributed by atoms with Gasteiger partial charge in [0, 0.05) is 5.02 Å². The molecule has 0 spiro atoms. The molecule has 1 amide bonds. The molecule has 0 heterocycles. The number of anilines is 1. The summed E-state index contributed by atoms with van der Waals surface area (Å²) in [6.07, 6.45) is 1.78. The standard InChI is InChI=1S/C22H29ClN2O3S/c1-7-21(18-10-8-14(2)16(4)12-18)24-22(26)17(5)25(29(6,27)28)19-11-9-15(3)20(23)13-19/h8-13,17,21H,7H2,1-6H3,(H,24,26)/t17-,21-/m0/s1. The van der Waals surface area contributed by atoms with Crippen LogP contribution in [-0.2, 0) is 14.8 Å². The Morgan fingerprint density at radius 1 is 1.07 bits per heavy atom. The van der Waals surface area contributed by atoms with Crippen molar-refractivity contribution in [2.24, 2.45) is 0 Å². The minimum Gasteiger partial charge on any atom is -0.347 e. The number of aryl methyl sites for hydroxylation is 3. The van der Waals surface area contributed by atoms with E-state index in [1.807, 2.05) is 39.8 Å². The quantitative estimate of drug-likeness (QED) is 0.684. The van der Waals surface area contributed by atoms with Crippen molar-refractivity contribution < 1.29 is 13.2 Å². The van der Waals surface area contributed by atoms with Gasteiger partial charge in [-0.15, -0.1) is 0 Å². The second kappa shape index (κ2) is 9.18. The largest absolute Gasteiger partial charge is 0.347 e. The van der Waals surface area contributed by atoms with Gasteiger partial charge in [0.05, 0.1) is 18.0 Å². The Kier molecular flexibility index (Phi) is 7.35. The average Bonchev–Trinajstić information content (AvgIpc) is 2.63. The van der Waals surface area contributed by atoms with Crippen LogP contribution in [0.5, 0.6) is 0 Å². The molecule has 2 atom stereocenters. The molecule has 0 aliphatic rings. The molecule has 7 heteroatoms. The molecule has 0 fully saturated rings. The lowest BCUT2D eigenvalue weighted by molar-refractivity contribution is -0.122. The highest BCUT2D eigenvalue weighted by molar-refractivity contribution is 7.92. The van der Waals surface area contributed by atoms with Gasteiger partial charge in [0.2, 0.25) is 15.9 Å². The summed E-state index contributed by atoms with van der Waals surface area (Å²) >= 11 is 6.18. The molecule has 2 aromatic rings. The van der Waals surface area contributed by atoms with Gasteiger partial charge < -0.3 is 5.32 Å². The lowest BCUT2D eigenvalue weighted by Crippen LogP contribution is -2.48. The van der Waals surface area contributed by atoms with Crippen molar-refractivity contribution in [1.82, 2.24) is 5.32 Å². The van der Waals surface area contributed by atoms with Crippen LogP contribution in [0.15, 0.2) is 36.4 Å². The molecule has 0 aliphatic carbocycles. The third kappa shape index (κ3) is 5.52. The summed E-state index contributed by atoms with van der Waals surface area (Å²) in [6, 6.07) is 9.92. The molecule has 0 saturated heterocycles. The zero-order valence-corrected chi connectivity index (χ0v) is 19.4. The highest BCUT2D eigenvalue weighted by atomic mass is 35.5. The minimum absolute atomic E-state index is 0.202. The van der Waals surface area contributed by atoms with Crippen molar-refractivity contribution in [3.63, 3.8) is 0 Å². The molecule has 158 valence electrons. The molecular weight excluding hydrogens is 408 g/mol. The Balaban J connectivity index is 2.32. The predicted molar refractivity (Wildman–Crippen MR) is 120 cm³/mol. The monoisotopic (exact) mass is 436 g/mol. The van der Waals surface area contributed by atoms with Gasteiger partial charge in [0.1, 0.15) is 6.04 Å². The van der Waals surface area contributed by atoms with Crippen molar-refractivity contribution in [3.05, 3.63) is 63.7 Å². The molecule has 0 aromatic heterocycles. The molecule has 0 bridgehead atoms. The Morgan fingerprint density at radius 2 is 1.69 bits per heavy atom. The number of carbonyl (C=O) groups excluding carboxylic acids is 1. The summed E-state index contributed by atoms with van der Waals surface area (Å²) in [7, 11) is -3.70. The lowest BCUT2D eigenvalue weighted by Gasteiger charge is -2.30. The first-order valence-electron chi connectivity index (χ1n) is 9.58. The Hall–Kier alpha value is -2.05. The van der Waals surface area contributed by atoms with Crippen LogP contribution in [0.25, 0.3) is 0 Å². The van der Waals surface area contributed by atoms with Gasteiger partial charge in [-0.3, -0.25) is 9.10 Å². The van der Waals surface area contributed by atoms with Gasteiger partial charge in [0.25, 0.3) is 0 Å². The van der Waals surface area contributed by atoms with E-state index < -0.39 is 16.1 Å². The van der Waals surface area contributed by atoms with Gasteiger partial charge in [-0.2, -0.15) is 0 Å². The minimum atomic E-state index is -3.70. The summed E-state index contributed by atoms with van der Waals surface area (Å²) in [5.74, 6) is -0.364. The molecule has 0 unspecified atom stereocenters. The second-order valence-electron chi connectivity index (χ2n) is 7.48. The number of carbonyl (C=O) groups is 1. The number of amides is 1. The van der Waals surface area contributed by atoms with Crippen LogP contribution in [-0.4, -0.2) is 26.6 Å². The van der Waals surface area contributed by atoms with Crippen LogP contribution in [0.3, 0.4) is 0 Å². The third-order valence-corrected chi connectivity index (χ3v) is 6.81. The number of benzene rings is 2. The molecule has 0 radical (unpaired) electrons. The van der Waals surface area contributed by atoms with E-state index in [4.69, 9.17) is 11.6 Å². The van der Waals surface area contributed by atoms with Gasteiger partial charge >= 0.3 is 0 Å². The van der Waals surface area contributed by atoms with Crippen molar-refractivity contribution in [2.75, 3.05) is 10.6 Å². The Labute approximate surface area is 179 Å². The van der Waals surface area contributed by atoms with E-state index in [0.717, 1.165) is 27.3 Å². The second-order valence-corrected chi connectivity index (χ2v) is 9.75. The van der Waals surface area contributed by atoms with Crippen LogP contribution in [0.1, 0.15) is 48.6 Å². The van der Waals surface area contributed by atoms with Crippen LogP contribution in [0.4, 0.5) is 5.69 Å². The highest BCUT2D eigenvalue weighted by Gasteiger charge is 2.30. The summed E-state index contributed by atoms with van der Waals surface area (Å²) in [5.41, 5.74) is 4.53. The highest BCUT2D eigenvalue weighted by Crippen LogP contribution is 2.27. The van der Waals surface area contributed by atoms with Crippen LogP contribution in [0, 0.1) is 20.8 Å². The molecule has 1 N–H and O–H groups in total. The molecule has 0 aliphatic heterocycles. The zero-order valence-electron chi connectivity index (χ0n) is 17.8. The van der Waals surface area contributed by atoms with Gasteiger partial charge in [-0.25, -0.2) is 8.42 Å². The topological polar surface area (TPSA) is 66.5 Å². The maximum absolute atomic E-state index is 13.0. The van der Waals surface area contributed by atoms with Gasteiger partial charge in [-0.05, 0) is 68.5 Å². The van der Waals surface area contributed by atoms with E-state index in [1.165, 1.54) is 5.56 Å². The Bertz CT molecular complexity index is 1010. The summed E-state index contributed by atoms with van der Waals surface area (Å²) < 4.78 is 26.1. The summed E-state index contributed by atoms with van der Waals surface area (Å²) in [6.45, 7) is 9.47. The van der Waals surface area contributed by atoms with E-state index in [2.05, 4.69) is 11.4 Å². The molecule has 2 aromatic carbocycles. The van der Waals surface area contributed by atoms with Crippen molar-refractivity contribution in [3.8, 4) is 0 Å². The fourth-order valence-electron chi connectivity index (χ4n) is 3.22. The number of sulfonamides is 1. The van der Waals surface area contributed by atoms with Crippen LogP contribution in [0.2, 0.25) is 5.02 Å². The molecule has 5 nitrogen and oxygen atoms in total. The number of halogens is 1. The third-order valence-electron chi connectivity index (χ3n) is 5.16. The van der Waals surface area contributed by atoms with E-state index in [0.29, 0.717) is 17.1 Å². The van der Waals surface area contributed by atoms with E-state index in [1.54, 1.807) is 25.1 Å². The van der Waals surface area contributed by atoms with Crippen molar-refractivity contribution in [2.45, 2.75) is 53.1 Å². The molecule has 0 saturated carbocycles. The molecule has 2 rings (SSSR count). The number of hydrogen-bond donors (Lipinski definition) is 1. The number of nitrogens with one attached hydrogen (secondary N) is 1. The average molecular weight is 437 g/mol. The lowest BCUT2D eigenvalue weighted by atomic mass is 9.99. The van der Waals surface area contributed by atoms with Crippen molar-refractivity contribution >= 4 is 33.2 Å². The number of nitrogens with zero attached hydrogens (tertiary/aromatic N) is 1. The number of hydrogen-bond acceptors (Lipinski definition) is 3. The molecular formula is C22H29ClN2O3S. The summed E-state index contributed by atoms with van der Waals surface area (Å²) in [4.78, 5) is 13.0. The van der Waals surface area contributed by atoms with E-state index in [-0.39, 0.29) is 11.9 Å². The maximum Gasteiger partial charge on any atom is 0.244 e. The van der Waals surface area contributed by atoms with E-state index in [9.17, 15) is 13.2 Å². The van der Waals surface area contributed by atoms with Gasteiger partial charge in [0.15, 0.2) is 0 Å². The first-order valence-corrected chi connectivity index (χ1v) is 11.8. The first-order chi connectivity index (χ1) is 13.5. The van der Waals surface area contributed by atoms with Crippen LogP contribution >= 0.6 is 11.6 Å². The number of rotatable bonds is 7. The van der Waals surface area contributed by atoms with E-state index >= 15 is 0 Å². The normalized spacial score (nSPS) is 13.6.